The van der Waals surface area contributed by atoms with E-state index >= 15 is 0 Å². The lowest BCUT2D eigenvalue weighted by molar-refractivity contribution is -0.143. The third-order valence-corrected chi connectivity index (χ3v) is 9.55. The van der Waals surface area contributed by atoms with Crippen LogP contribution in [0.25, 0.3) is 0 Å². The van der Waals surface area contributed by atoms with Crippen molar-refractivity contribution in [3.63, 3.8) is 0 Å². The molecule has 1 N–H and O–H groups in total. The Morgan fingerprint density at radius 3 is 2.12 bits per heavy atom. The molecule has 0 aliphatic heterocycles. The molecule has 1 aromatic rings. The van der Waals surface area contributed by atoms with Gasteiger partial charge in [-0.1, -0.05) is 70.0 Å². The summed E-state index contributed by atoms with van der Waals surface area (Å²) in [6.07, 6.45) is 17.0. The fourth-order valence-electron chi connectivity index (χ4n) is 6.90. The number of unbranched alkanes of at least 4 members (excludes halogenated alkanes) is 2. The summed E-state index contributed by atoms with van der Waals surface area (Å²) in [6, 6.07) is 9.51. The number of ether oxygens (including phenoxy) is 2. The second kappa shape index (κ2) is 17.5. The summed E-state index contributed by atoms with van der Waals surface area (Å²) in [5.74, 6) is 2.16. The Balaban J connectivity index is 1.42. The van der Waals surface area contributed by atoms with Crippen molar-refractivity contribution in [2.45, 2.75) is 110 Å². The van der Waals surface area contributed by atoms with Gasteiger partial charge in [0.2, 0.25) is 0 Å². The first-order valence-electron chi connectivity index (χ1n) is 16.2. The highest BCUT2D eigenvalue weighted by Crippen LogP contribution is 2.45. The molecule has 2 fully saturated rings. The number of aliphatic hydroxyl groups excluding tert-OH is 1. The van der Waals surface area contributed by atoms with Crippen molar-refractivity contribution in [1.82, 2.24) is 0 Å². The first kappa shape index (κ1) is 33.1. The summed E-state index contributed by atoms with van der Waals surface area (Å²) in [5.41, 5.74) is 3.47. The minimum atomic E-state index is -0.557. The molecule has 3 rings (SSSR count). The lowest BCUT2D eigenvalue weighted by Crippen LogP contribution is -2.27. The normalized spacial score (nSPS) is 23.4. The first-order valence-corrected chi connectivity index (χ1v) is 16.2. The fourth-order valence-corrected chi connectivity index (χ4v) is 6.90. The van der Waals surface area contributed by atoms with Crippen LogP contribution in [0.15, 0.2) is 48.6 Å². The summed E-state index contributed by atoms with van der Waals surface area (Å²) in [4.78, 5) is 23.9. The third-order valence-electron chi connectivity index (χ3n) is 9.55. The van der Waals surface area contributed by atoms with Crippen LogP contribution >= 0.6 is 0 Å². The molecule has 2 aliphatic rings. The topological polar surface area (TPSA) is 72.8 Å². The predicted molar refractivity (Wildman–Crippen MR) is 165 cm³/mol. The molecule has 0 aromatic heterocycles. The minimum absolute atomic E-state index is 0.0621. The van der Waals surface area contributed by atoms with Crippen molar-refractivity contribution in [2.75, 3.05) is 19.8 Å². The van der Waals surface area contributed by atoms with Crippen LogP contribution in [0.3, 0.4) is 0 Å². The Labute approximate surface area is 248 Å². The molecule has 0 heterocycles. The molecule has 228 valence electrons. The van der Waals surface area contributed by atoms with Gasteiger partial charge in [0.1, 0.15) is 0 Å². The monoisotopic (exact) mass is 566 g/mol. The fraction of sp³-hybridized carbons (Fsp3) is 0.667. The summed E-state index contributed by atoms with van der Waals surface area (Å²) in [6.45, 7) is 11.2. The van der Waals surface area contributed by atoms with Crippen LogP contribution in [0.2, 0.25) is 0 Å². The van der Waals surface area contributed by atoms with Gasteiger partial charge in [0.25, 0.3) is 0 Å². The molecule has 0 saturated heterocycles. The molecule has 0 amide bonds. The zero-order valence-corrected chi connectivity index (χ0v) is 25.7. The second-order valence-electron chi connectivity index (χ2n) is 12.8. The van der Waals surface area contributed by atoms with E-state index in [9.17, 15) is 9.59 Å². The van der Waals surface area contributed by atoms with Gasteiger partial charge >= 0.3 is 11.9 Å². The summed E-state index contributed by atoms with van der Waals surface area (Å²) < 4.78 is 10.8. The standard InChI is InChI=1S/C36H54O5/c1-5-6-7-8-28-9-13-31(14-10-28)33-17-19-34(20-18-33)32-15-11-29(12-16-32)23-30(21-22-40-35(38)26(2)3)25-41-36(39)27(4)24-37/h9-10,13-14,29-30,32-34,37H,2,4-8,11-12,15-25H2,1,3H3. The van der Waals surface area contributed by atoms with Gasteiger partial charge in [0, 0.05) is 5.57 Å². The molecule has 0 bridgehead atoms. The number of carbonyl (C=O) groups excluding carboxylic acids is 2. The van der Waals surface area contributed by atoms with E-state index in [4.69, 9.17) is 14.6 Å². The maximum absolute atomic E-state index is 12.1. The van der Waals surface area contributed by atoms with Crippen molar-refractivity contribution in [3.8, 4) is 0 Å². The molecular weight excluding hydrogens is 512 g/mol. The van der Waals surface area contributed by atoms with Crippen LogP contribution in [0.4, 0.5) is 0 Å². The SMILES string of the molecule is C=C(C)C(=O)OCCC(COC(=O)C(=C)CO)CC1CCC(C2CCC(c3ccc(CCCCC)cc3)CC2)CC1. The highest BCUT2D eigenvalue weighted by Gasteiger charge is 2.32. The maximum Gasteiger partial charge on any atom is 0.335 e. The molecule has 1 aromatic carbocycles. The zero-order valence-electron chi connectivity index (χ0n) is 25.7. The van der Waals surface area contributed by atoms with Gasteiger partial charge in [-0.15, -0.1) is 0 Å². The van der Waals surface area contributed by atoms with E-state index in [1.807, 2.05) is 0 Å². The van der Waals surface area contributed by atoms with Crippen molar-refractivity contribution >= 4 is 11.9 Å². The molecule has 1 atom stereocenters. The highest BCUT2D eigenvalue weighted by molar-refractivity contribution is 5.88. The third kappa shape index (κ3) is 11.1. The van der Waals surface area contributed by atoms with Crippen LogP contribution < -0.4 is 0 Å². The van der Waals surface area contributed by atoms with Gasteiger partial charge in [0.05, 0.1) is 25.4 Å². The van der Waals surface area contributed by atoms with E-state index in [1.54, 1.807) is 6.92 Å². The predicted octanol–water partition coefficient (Wildman–Crippen LogP) is 8.11. The van der Waals surface area contributed by atoms with Crippen LogP contribution in [0.1, 0.15) is 114 Å². The molecule has 0 radical (unpaired) electrons. The van der Waals surface area contributed by atoms with E-state index in [2.05, 4.69) is 44.3 Å². The van der Waals surface area contributed by atoms with E-state index in [0.717, 1.165) is 24.2 Å². The number of benzene rings is 1. The number of aryl methyl sites for hydroxylation is 1. The number of hydrogen-bond donors (Lipinski definition) is 1. The van der Waals surface area contributed by atoms with Crippen molar-refractivity contribution in [1.29, 1.82) is 0 Å². The van der Waals surface area contributed by atoms with Crippen LogP contribution in [-0.2, 0) is 25.5 Å². The van der Waals surface area contributed by atoms with Gasteiger partial charge in [-0.3, -0.25) is 0 Å². The summed E-state index contributed by atoms with van der Waals surface area (Å²) in [5, 5.41) is 9.17. The second-order valence-corrected chi connectivity index (χ2v) is 12.8. The maximum atomic E-state index is 12.1. The summed E-state index contributed by atoms with van der Waals surface area (Å²) in [7, 11) is 0. The summed E-state index contributed by atoms with van der Waals surface area (Å²) >= 11 is 0. The zero-order chi connectivity index (χ0) is 29.6. The average Bonchev–Trinajstić information content (AvgIpc) is 3.00. The van der Waals surface area contributed by atoms with E-state index in [1.165, 1.54) is 88.2 Å². The van der Waals surface area contributed by atoms with Gasteiger partial charge in [-0.25, -0.2) is 9.59 Å². The van der Waals surface area contributed by atoms with Gasteiger partial charge in [0.15, 0.2) is 0 Å². The lowest BCUT2D eigenvalue weighted by Gasteiger charge is -2.38. The molecule has 2 saturated carbocycles. The Morgan fingerprint density at radius 1 is 0.902 bits per heavy atom. The smallest absolute Gasteiger partial charge is 0.335 e. The Bertz CT molecular complexity index is 964. The highest BCUT2D eigenvalue weighted by atomic mass is 16.5. The van der Waals surface area contributed by atoms with Gasteiger partial charge < -0.3 is 14.6 Å². The van der Waals surface area contributed by atoms with E-state index in [-0.39, 0.29) is 30.7 Å². The van der Waals surface area contributed by atoms with E-state index < -0.39 is 12.6 Å². The number of esters is 2. The molecule has 41 heavy (non-hydrogen) atoms. The quantitative estimate of drug-likeness (QED) is 0.124. The molecule has 0 spiro atoms. The first-order chi connectivity index (χ1) is 19.8. The van der Waals surface area contributed by atoms with Crippen LogP contribution in [-0.4, -0.2) is 36.9 Å². The van der Waals surface area contributed by atoms with Crippen molar-refractivity contribution in [3.05, 3.63) is 59.7 Å². The van der Waals surface area contributed by atoms with Crippen LogP contribution in [0, 0.1) is 23.7 Å². The number of aliphatic hydroxyl groups is 1. The largest absolute Gasteiger partial charge is 0.462 e. The molecule has 1 unspecified atom stereocenters. The minimum Gasteiger partial charge on any atom is -0.462 e. The molecular formula is C36H54O5. The Kier molecular flexibility index (Phi) is 14.2. The van der Waals surface area contributed by atoms with Crippen molar-refractivity contribution in [2.24, 2.45) is 23.7 Å². The number of hydrogen-bond acceptors (Lipinski definition) is 5. The number of rotatable bonds is 16. The van der Waals surface area contributed by atoms with E-state index in [0.29, 0.717) is 17.9 Å². The van der Waals surface area contributed by atoms with Gasteiger partial charge in [-0.2, -0.15) is 0 Å². The van der Waals surface area contributed by atoms with Crippen LogP contribution in [0.5, 0.6) is 0 Å². The number of carbonyl (C=O) groups is 2. The molecule has 2 aliphatic carbocycles. The average molecular weight is 567 g/mol. The Hall–Kier alpha value is -2.40. The lowest BCUT2D eigenvalue weighted by atomic mass is 9.67. The van der Waals surface area contributed by atoms with Gasteiger partial charge in [-0.05, 0) is 112 Å². The Morgan fingerprint density at radius 2 is 1.54 bits per heavy atom. The molecule has 5 nitrogen and oxygen atoms in total. The molecule has 5 heteroatoms. The van der Waals surface area contributed by atoms with Crippen molar-refractivity contribution < 1.29 is 24.2 Å².